The van der Waals surface area contributed by atoms with E-state index in [4.69, 9.17) is 8.37 Å². The minimum absolute atomic E-state index is 0.219. The highest BCUT2D eigenvalue weighted by Gasteiger charge is 2.24. The summed E-state index contributed by atoms with van der Waals surface area (Å²) in [5.41, 5.74) is 0. The Kier molecular flexibility index (Phi) is 17.8. The molecule has 0 amide bonds. The molecular weight excluding hydrogens is 362 g/mol. The van der Waals surface area contributed by atoms with Gasteiger partial charge < -0.3 is 0 Å². The minimum Gasteiger partial charge on any atom is -0.277 e. The van der Waals surface area contributed by atoms with Crippen molar-refractivity contribution in [2.75, 3.05) is 19.7 Å². The normalized spacial score (nSPS) is 13.4. The first kappa shape index (κ1) is 26.8. The van der Waals surface area contributed by atoms with Crippen LogP contribution in [-0.2, 0) is 18.8 Å². The van der Waals surface area contributed by atoms with Gasteiger partial charge in [0.05, 0.1) is 6.61 Å². The average Bonchev–Trinajstić information content (AvgIpc) is 2.64. The molecule has 0 radical (unpaired) electrons. The van der Waals surface area contributed by atoms with E-state index in [0.717, 1.165) is 45.2 Å². The molecule has 1 atom stereocenters. The van der Waals surface area contributed by atoms with Crippen LogP contribution in [0.2, 0.25) is 0 Å². The molecule has 0 aliphatic heterocycles. The van der Waals surface area contributed by atoms with Gasteiger partial charge in [0.15, 0.2) is 0 Å². The first-order chi connectivity index (χ1) is 13.0. The van der Waals surface area contributed by atoms with Crippen LogP contribution in [0.25, 0.3) is 0 Å². The first-order valence-corrected chi connectivity index (χ1v) is 12.7. The van der Waals surface area contributed by atoms with Crippen LogP contribution < -0.4 is 0 Å². The topological polar surface area (TPSA) is 55.8 Å². The molecule has 0 aliphatic rings. The van der Waals surface area contributed by atoms with E-state index in [2.05, 4.69) is 25.7 Å². The number of rotatable bonds is 20. The summed E-state index contributed by atoms with van der Waals surface area (Å²) in [4.78, 5) is 2.08. The predicted molar refractivity (Wildman–Crippen MR) is 114 cm³/mol. The van der Waals surface area contributed by atoms with Crippen molar-refractivity contribution in [1.29, 1.82) is 0 Å². The highest BCUT2D eigenvalue weighted by molar-refractivity contribution is 7.81. The van der Waals surface area contributed by atoms with Gasteiger partial charge in [-0.1, -0.05) is 85.5 Å². The Hall–Kier alpha value is -0.170. The van der Waals surface area contributed by atoms with Gasteiger partial charge in [0, 0.05) is 13.1 Å². The van der Waals surface area contributed by atoms with E-state index in [-0.39, 0.29) is 6.61 Å². The second kappa shape index (κ2) is 17.9. The third-order valence-corrected chi connectivity index (χ3v) is 5.65. The van der Waals surface area contributed by atoms with Gasteiger partial charge in [-0.15, -0.1) is 0 Å². The summed E-state index contributed by atoms with van der Waals surface area (Å²) in [6, 6.07) is 0. The minimum atomic E-state index is -3.93. The van der Waals surface area contributed by atoms with Gasteiger partial charge >= 0.3 is 10.4 Å². The number of hydrogen-bond donors (Lipinski definition) is 0. The highest BCUT2D eigenvalue weighted by Crippen LogP contribution is 2.14. The smallest absolute Gasteiger partial charge is 0.277 e. The maximum Gasteiger partial charge on any atom is 0.401 e. The summed E-state index contributed by atoms with van der Waals surface area (Å²) in [6.07, 6.45) is 14.3. The van der Waals surface area contributed by atoms with Crippen LogP contribution in [-0.4, -0.2) is 39.2 Å². The molecule has 0 bridgehead atoms. The zero-order valence-electron chi connectivity index (χ0n) is 18.4. The van der Waals surface area contributed by atoms with E-state index in [9.17, 15) is 8.42 Å². The van der Waals surface area contributed by atoms with E-state index in [1.807, 2.05) is 6.92 Å². The maximum absolute atomic E-state index is 12.1. The van der Waals surface area contributed by atoms with Gasteiger partial charge in [-0.25, -0.2) is 8.37 Å². The first-order valence-electron chi connectivity index (χ1n) is 11.3. The van der Waals surface area contributed by atoms with E-state index in [1.165, 1.54) is 44.9 Å². The fourth-order valence-corrected chi connectivity index (χ4v) is 4.18. The molecule has 0 heterocycles. The molecule has 0 aromatic carbocycles. The lowest BCUT2D eigenvalue weighted by Crippen LogP contribution is -2.39. The Labute approximate surface area is 169 Å². The lowest BCUT2D eigenvalue weighted by molar-refractivity contribution is 0.0136. The van der Waals surface area contributed by atoms with Gasteiger partial charge in [-0.3, -0.25) is 4.90 Å². The van der Waals surface area contributed by atoms with Crippen molar-refractivity contribution in [3.63, 3.8) is 0 Å². The summed E-state index contributed by atoms with van der Waals surface area (Å²) in [7, 11) is -3.93. The molecule has 0 rings (SSSR count). The quantitative estimate of drug-likeness (QED) is 0.182. The van der Waals surface area contributed by atoms with Crippen LogP contribution in [0.4, 0.5) is 0 Å². The molecule has 5 nitrogen and oxygen atoms in total. The molecule has 0 aromatic rings. The third kappa shape index (κ3) is 15.4. The molecule has 0 aliphatic carbocycles. The van der Waals surface area contributed by atoms with Crippen molar-refractivity contribution < 1.29 is 16.8 Å². The molecule has 164 valence electrons. The molecule has 0 saturated carbocycles. The third-order valence-electron chi connectivity index (χ3n) is 4.73. The molecule has 0 aromatic heterocycles. The van der Waals surface area contributed by atoms with Gasteiger partial charge in [-0.2, -0.15) is 8.42 Å². The van der Waals surface area contributed by atoms with Crippen LogP contribution in [0, 0.1) is 0 Å². The van der Waals surface area contributed by atoms with Crippen molar-refractivity contribution >= 4 is 10.4 Å². The molecule has 0 spiro atoms. The average molecular weight is 408 g/mol. The summed E-state index contributed by atoms with van der Waals surface area (Å²) in [5, 5.41) is 0. The molecule has 0 N–H and O–H groups in total. The monoisotopic (exact) mass is 407 g/mol. The van der Waals surface area contributed by atoms with E-state index < -0.39 is 16.6 Å². The summed E-state index contributed by atoms with van der Waals surface area (Å²) < 4.78 is 34.6. The highest BCUT2D eigenvalue weighted by atomic mass is 32.3. The SMILES string of the molecule is CCCCCCCCCCCCOS(=O)(=O)OC(CC)N(CCC)CCC. The molecule has 6 heteroatoms. The zero-order chi connectivity index (χ0) is 20.4. The zero-order valence-corrected chi connectivity index (χ0v) is 19.2. The lowest BCUT2D eigenvalue weighted by atomic mass is 10.1. The Morgan fingerprint density at radius 3 is 1.63 bits per heavy atom. The Bertz CT molecular complexity index is 408. The van der Waals surface area contributed by atoms with Gasteiger partial charge in [0.25, 0.3) is 0 Å². The Morgan fingerprint density at radius 2 is 1.19 bits per heavy atom. The van der Waals surface area contributed by atoms with Crippen LogP contribution in [0.1, 0.15) is 111 Å². The van der Waals surface area contributed by atoms with Gasteiger partial charge in [-0.05, 0) is 25.7 Å². The molecule has 0 saturated heterocycles. The fraction of sp³-hybridized carbons (Fsp3) is 1.00. The summed E-state index contributed by atoms with van der Waals surface area (Å²) in [5.74, 6) is 0. The van der Waals surface area contributed by atoms with E-state index >= 15 is 0 Å². The van der Waals surface area contributed by atoms with Gasteiger partial charge in [0.1, 0.15) is 6.23 Å². The lowest BCUT2D eigenvalue weighted by Gasteiger charge is -2.29. The van der Waals surface area contributed by atoms with Crippen molar-refractivity contribution in [2.24, 2.45) is 0 Å². The summed E-state index contributed by atoms with van der Waals surface area (Å²) in [6.45, 7) is 10.2. The Morgan fingerprint density at radius 1 is 0.704 bits per heavy atom. The standard InChI is InChI=1S/C21H45NO4S/c1-5-9-10-11-12-13-14-15-16-17-20-25-27(23,24)26-21(8-4)22(18-6-2)19-7-3/h21H,5-20H2,1-4H3. The number of nitrogens with zero attached hydrogens (tertiary/aromatic N) is 1. The van der Waals surface area contributed by atoms with Crippen molar-refractivity contribution in [3.05, 3.63) is 0 Å². The molecule has 0 fully saturated rings. The van der Waals surface area contributed by atoms with E-state index in [1.54, 1.807) is 0 Å². The van der Waals surface area contributed by atoms with Crippen LogP contribution >= 0.6 is 0 Å². The Balaban J connectivity index is 3.91. The van der Waals surface area contributed by atoms with Crippen molar-refractivity contribution in [2.45, 2.75) is 117 Å². The predicted octanol–water partition coefficient (Wildman–Crippen LogP) is 6.04. The second-order valence-electron chi connectivity index (χ2n) is 7.41. The molecule has 27 heavy (non-hydrogen) atoms. The van der Waals surface area contributed by atoms with Crippen LogP contribution in [0.15, 0.2) is 0 Å². The van der Waals surface area contributed by atoms with Crippen molar-refractivity contribution in [3.8, 4) is 0 Å². The van der Waals surface area contributed by atoms with Crippen molar-refractivity contribution in [1.82, 2.24) is 4.90 Å². The van der Waals surface area contributed by atoms with E-state index in [0.29, 0.717) is 6.42 Å². The maximum atomic E-state index is 12.1. The molecular formula is C21H45NO4S. The number of unbranched alkanes of at least 4 members (excludes halogenated alkanes) is 9. The largest absolute Gasteiger partial charge is 0.401 e. The summed E-state index contributed by atoms with van der Waals surface area (Å²) >= 11 is 0. The molecule has 1 unspecified atom stereocenters. The van der Waals surface area contributed by atoms with Gasteiger partial charge in [0.2, 0.25) is 0 Å². The second-order valence-corrected chi connectivity index (χ2v) is 8.65. The number of hydrogen-bond acceptors (Lipinski definition) is 5. The van der Waals surface area contributed by atoms with Crippen LogP contribution in [0.5, 0.6) is 0 Å². The van der Waals surface area contributed by atoms with Crippen LogP contribution in [0.3, 0.4) is 0 Å². The fourth-order valence-electron chi connectivity index (χ4n) is 3.28.